The fourth-order valence-electron chi connectivity index (χ4n) is 2.24. The van der Waals surface area contributed by atoms with Crippen molar-refractivity contribution in [3.05, 3.63) is 51.8 Å². The SMILES string of the molecule is O=C1CCc2cc(NCc3ccc([N+](=O)[O-])o3)ccc2N1. The molecule has 1 aliphatic rings. The van der Waals surface area contributed by atoms with Crippen molar-refractivity contribution < 1.29 is 14.1 Å². The molecule has 21 heavy (non-hydrogen) atoms. The predicted octanol–water partition coefficient (Wildman–Crippen LogP) is 2.68. The highest BCUT2D eigenvalue weighted by Crippen LogP contribution is 2.26. The van der Waals surface area contributed by atoms with Gasteiger partial charge in [-0.25, -0.2) is 0 Å². The van der Waals surface area contributed by atoms with Crippen LogP contribution in [0.25, 0.3) is 0 Å². The highest BCUT2D eigenvalue weighted by Gasteiger charge is 2.15. The number of hydrogen-bond acceptors (Lipinski definition) is 5. The Kier molecular flexibility index (Phi) is 3.31. The van der Waals surface area contributed by atoms with Crippen molar-refractivity contribution >= 4 is 23.2 Å². The summed E-state index contributed by atoms with van der Waals surface area (Å²) in [5.41, 5.74) is 2.79. The Morgan fingerprint density at radius 1 is 1.29 bits per heavy atom. The van der Waals surface area contributed by atoms with Crippen molar-refractivity contribution in [3.8, 4) is 0 Å². The molecule has 1 aliphatic heterocycles. The maximum Gasteiger partial charge on any atom is 0.433 e. The first kappa shape index (κ1) is 13.2. The lowest BCUT2D eigenvalue weighted by Gasteiger charge is -2.17. The van der Waals surface area contributed by atoms with Crippen LogP contribution >= 0.6 is 0 Å². The summed E-state index contributed by atoms with van der Waals surface area (Å²) in [5.74, 6) is 0.263. The Bertz CT molecular complexity index is 708. The summed E-state index contributed by atoms with van der Waals surface area (Å²) in [6.45, 7) is 0.360. The first-order valence-electron chi connectivity index (χ1n) is 6.51. The molecule has 3 rings (SSSR count). The van der Waals surface area contributed by atoms with Gasteiger partial charge in [0.05, 0.1) is 12.6 Å². The van der Waals surface area contributed by atoms with Gasteiger partial charge in [-0.2, -0.15) is 0 Å². The number of nitrogens with zero attached hydrogens (tertiary/aromatic N) is 1. The number of amides is 1. The third-order valence-electron chi connectivity index (χ3n) is 3.29. The van der Waals surface area contributed by atoms with Crippen molar-refractivity contribution in [2.75, 3.05) is 10.6 Å². The van der Waals surface area contributed by atoms with Crippen LogP contribution in [-0.2, 0) is 17.8 Å². The number of anilines is 2. The van der Waals surface area contributed by atoms with Crippen LogP contribution in [0.3, 0.4) is 0 Å². The molecular weight excluding hydrogens is 274 g/mol. The number of fused-ring (bicyclic) bond motifs is 1. The van der Waals surface area contributed by atoms with E-state index in [4.69, 9.17) is 4.42 Å². The predicted molar refractivity (Wildman–Crippen MR) is 76.1 cm³/mol. The van der Waals surface area contributed by atoms with Gasteiger partial charge in [0.15, 0.2) is 0 Å². The average Bonchev–Trinajstić information content (AvgIpc) is 2.94. The van der Waals surface area contributed by atoms with Gasteiger partial charge in [0.25, 0.3) is 0 Å². The zero-order valence-electron chi connectivity index (χ0n) is 11.1. The molecule has 2 aromatic rings. The molecule has 1 amide bonds. The molecule has 0 atom stereocenters. The monoisotopic (exact) mass is 287 g/mol. The summed E-state index contributed by atoms with van der Waals surface area (Å²) < 4.78 is 5.07. The molecule has 2 N–H and O–H groups in total. The van der Waals surface area contributed by atoms with Crippen LogP contribution in [-0.4, -0.2) is 10.8 Å². The minimum absolute atomic E-state index is 0.0334. The van der Waals surface area contributed by atoms with E-state index < -0.39 is 4.92 Å². The fraction of sp³-hybridized carbons (Fsp3) is 0.214. The van der Waals surface area contributed by atoms with Gasteiger partial charge < -0.3 is 15.1 Å². The van der Waals surface area contributed by atoms with Gasteiger partial charge in [-0.05, 0) is 36.2 Å². The molecule has 0 spiro atoms. The first-order chi connectivity index (χ1) is 10.1. The molecule has 0 saturated carbocycles. The molecule has 0 bridgehead atoms. The van der Waals surface area contributed by atoms with E-state index in [0.29, 0.717) is 25.1 Å². The quantitative estimate of drug-likeness (QED) is 0.665. The summed E-state index contributed by atoms with van der Waals surface area (Å²) in [6, 6.07) is 8.57. The van der Waals surface area contributed by atoms with Crippen molar-refractivity contribution in [1.29, 1.82) is 0 Å². The third-order valence-corrected chi connectivity index (χ3v) is 3.29. The lowest BCUT2D eigenvalue weighted by Crippen LogP contribution is -2.18. The molecule has 1 aromatic carbocycles. The van der Waals surface area contributed by atoms with Crippen molar-refractivity contribution in [3.63, 3.8) is 0 Å². The fourth-order valence-corrected chi connectivity index (χ4v) is 2.24. The lowest BCUT2D eigenvalue weighted by atomic mass is 10.0. The Morgan fingerprint density at radius 2 is 2.14 bits per heavy atom. The van der Waals surface area contributed by atoms with E-state index in [0.717, 1.165) is 16.9 Å². The summed E-state index contributed by atoms with van der Waals surface area (Å²) >= 11 is 0. The Balaban J connectivity index is 1.68. The maximum absolute atomic E-state index is 11.3. The maximum atomic E-state index is 11.3. The van der Waals surface area contributed by atoms with E-state index in [1.54, 1.807) is 6.07 Å². The molecule has 2 heterocycles. The van der Waals surface area contributed by atoms with E-state index in [9.17, 15) is 14.9 Å². The van der Waals surface area contributed by atoms with Crippen LogP contribution in [0.1, 0.15) is 17.7 Å². The van der Waals surface area contributed by atoms with Gasteiger partial charge in [0.1, 0.15) is 10.7 Å². The topological polar surface area (TPSA) is 97.4 Å². The number of carbonyl (C=O) groups excluding carboxylic acids is 1. The summed E-state index contributed by atoms with van der Waals surface area (Å²) in [4.78, 5) is 21.3. The minimum atomic E-state index is -0.564. The van der Waals surface area contributed by atoms with Crippen LogP contribution in [0.15, 0.2) is 34.7 Å². The second-order valence-corrected chi connectivity index (χ2v) is 4.77. The van der Waals surface area contributed by atoms with Gasteiger partial charge in [-0.1, -0.05) is 0 Å². The molecule has 7 nitrogen and oxygen atoms in total. The number of nitro groups is 1. The minimum Gasteiger partial charge on any atom is -0.404 e. The van der Waals surface area contributed by atoms with Crippen molar-refractivity contribution in [2.24, 2.45) is 0 Å². The van der Waals surface area contributed by atoms with Crippen LogP contribution < -0.4 is 10.6 Å². The van der Waals surface area contributed by atoms with E-state index in [1.807, 2.05) is 18.2 Å². The van der Waals surface area contributed by atoms with Crippen LogP contribution in [0.4, 0.5) is 17.3 Å². The molecule has 0 saturated heterocycles. The summed E-state index contributed by atoms with van der Waals surface area (Å²) in [5, 5.41) is 16.5. The van der Waals surface area contributed by atoms with Gasteiger partial charge in [-0.15, -0.1) is 0 Å². The Morgan fingerprint density at radius 3 is 2.90 bits per heavy atom. The Hall–Kier alpha value is -2.83. The van der Waals surface area contributed by atoms with Gasteiger partial charge in [-0.3, -0.25) is 14.9 Å². The van der Waals surface area contributed by atoms with E-state index in [2.05, 4.69) is 10.6 Å². The number of nitrogens with one attached hydrogen (secondary N) is 2. The second-order valence-electron chi connectivity index (χ2n) is 4.77. The van der Waals surface area contributed by atoms with Crippen molar-refractivity contribution in [2.45, 2.75) is 19.4 Å². The highest BCUT2D eigenvalue weighted by molar-refractivity contribution is 5.94. The van der Waals surface area contributed by atoms with E-state index >= 15 is 0 Å². The second kappa shape index (κ2) is 5.28. The zero-order valence-corrected chi connectivity index (χ0v) is 11.1. The smallest absolute Gasteiger partial charge is 0.404 e. The van der Waals surface area contributed by atoms with Crippen LogP contribution in [0.2, 0.25) is 0 Å². The average molecular weight is 287 g/mol. The molecule has 0 fully saturated rings. The highest BCUT2D eigenvalue weighted by atomic mass is 16.6. The number of hydrogen-bond donors (Lipinski definition) is 2. The number of carbonyl (C=O) groups is 1. The zero-order chi connectivity index (χ0) is 14.8. The molecule has 0 radical (unpaired) electrons. The Labute approximate surface area is 120 Å². The molecular formula is C14H13N3O4. The molecule has 108 valence electrons. The molecule has 0 unspecified atom stereocenters. The van der Waals surface area contributed by atoms with E-state index in [-0.39, 0.29) is 11.8 Å². The number of furan rings is 1. The third kappa shape index (κ3) is 2.86. The standard InChI is InChI=1S/C14H13N3O4/c18-13-5-1-9-7-10(2-4-12(9)16-13)15-8-11-3-6-14(21-11)17(19)20/h2-4,6-7,15H,1,5,8H2,(H,16,18). The number of aryl methyl sites for hydroxylation is 1. The van der Waals surface area contributed by atoms with Crippen LogP contribution in [0, 0.1) is 10.1 Å². The van der Waals surface area contributed by atoms with Crippen molar-refractivity contribution in [1.82, 2.24) is 0 Å². The lowest BCUT2D eigenvalue weighted by molar-refractivity contribution is -0.402. The first-order valence-corrected chi connectivity index (χ1v) is 6.51. The van der Waals surface area contributed by atoms with Gasteiger partial charge >= 0.3 is 5.88 Å². The number of benzene rings is 1. The summed E-state index contributed by atoms with van der Waals surface area (Å²) in [7, 11) is 0. The molecule has 1 aromatic heterocycles. The normalized spacial score (nSPS) is 13.4. The molecule has 7 heteroatoms. The number of rotatable bonds is 4. The van der Waals surface area contributed by atoms with E-state index in [1.165, 1.54) is 6.07 Å². The van der Waals surface area contributed by atoms with Gasteiger partial charge in [0, 0.05) is 17.8 Å². The largest absolute Gasteiger partial charge is 0.433 e. The molecule has 0 aliphatic carbocycles. The van der Waals surface area contributed by atoms with Crippen LogP contribution in [0.5, 0.6) is 0 Å². The van der Waals surface area contributed by atoms with Gasteiger partial charge in [0.2, 0.25) is 5.91 Å². The summed E-state index contributed by atoms with van der Waals surface area (Å²) in [6.07, 6.45) is 1.20.